The Bertz CT molecular complexity index is 844. The van der Waals surface area contributed by atoms with Crippen molar-refractivity contribution in [3.63, 3.8) is 0 Å². The normalized spacial score (nSPS) is 11.8. The average Bonchev–Trinajstić information content (AvgIpc) is 2.48. The molecule has 2 aromatic rings. The van der Waals surface area contributed by atoms with Crippen molar-refractivity contribution in [1.82, 2.24) is 0 Å². The van der Waals surface area contributed by atoms with Crippen molar-refractivity contribution >= 4 is 15.7 Å². The molecule has 0 aromatic heterocycles. The van der Waals surface area contributed by atoms with Gasteiger partial charge in [0.1, 0.15) is 5.82 Å². The molecule has 0 bridgehead atoms. The highest BCUT2D eigenvalue weighted by Crippen LogP contribution is 2.29. The third-order valence-electron chi connectivity index (χ3n) is 3.87. The zero-order valence-electron chi connectivity index (χ0n) is 14.8. The van der Waals surface area contributed by atoms with E-state index in [-0.39, 0.29) is 10.8 Å². The van der Waals surface area contributed by atoms with Crippen molar-refractivity contribution in [2.24, 2.45) is 5.92 Å². The second-order valence-electron chi connectivity index (χ2n) is 6.63. The Morgan fingerprint density at radius 2 is 1.67 bits per heavy atom. The van der Waals surface area contributed by atoms with Crippen molar-refractivity contribution in [3.8, 4) is 0 Å². The molecular formula is C19H24FNO2S. The Morgan fingerprint density at radius 3 is 2.21 bits per heavy atom. The van der Waals surface area contributed by atoms with Crippen LogP contribution in [0.25, 0.3) is 0 Å². The molecule has 0 aliphatic carbocycles. The van der Waals surface area contributed by atoms with E-state index in [9.17, 15) is 12.8 Å². The van der Waals surface area contributed by atoms with Gasteiger partial charge in [-0.05, 0) is 62.1 Å². The first-order valence-corrected chi connectivity index (χ1v) is 9.43. The molecule has 0 atom stereocenters. The maximum Gasteiger partial charge on any atom is 0.264 e. The fraction of sp³-hybridized carbons (Fsp3) is 0.368. The minimum Gasteiger partial charge on any atom is -0.266 e. The topological polar surface area (TPSA) is 37.4 Å². The van der Waals surface area contributed by atoms with Gasteiger partial charge < -0.3 is 0 Å². The molecule has 0 amide bonds. The Balaban J connectivity index is 2.59. The van der Waals surface area contributed by atoms with Gasteiger partial charge in [0, 0.05) is 6.54 Å². The van der Waals surface area contributed by atoms with E-state index < -0.39 is 15.8 Å². The zero-order chi connectivity index (χ0) is 18.1. The van der Waals surface area contributed by atoms with E-state index in [1.165, 1.54) is 22.5 Å². The Kier molecular flexibility index (Phi) is 5.33. The summed E-state index contributed by atoms with van der Waals surface area (Å²) in [4.78, 5) is 0.113. The van der Waals surface area contributed by atoms with E-state index in [0.717, 1.165) is 11.1 Å². The van der Waals surface area contributed by atoms with Gasteiger partial charge in [-0.3, -0.25) is 4.31 Å². The summed E-state index contributed by atoms with van der Waals surface area (Å²) in [6.45, 7) is 9.76. The summed E-state index contributed by atoms with van der Waals surface area (Å²) in [5.41, 5.74) is 2.96. The number of benzene rings is 2. The number of anilines is 1. The van der Waals surface area contributed by atoms with Crippen LogP contribution in [0.15, 0.2) is 41.3 Å². The highest BCUT2D eigenvalue weighted by molar-refractivity contribution is 7.92. The van der Waals surface area contributed by atoms with Crippen LogP contribution in [0, 0.1) is 32.5 Å². The van der Waals surface area contributed by atoms with Gasteiger partial charge in [-0.1, -0.05) is 31.5 Å². The smallest absolute Gasteiger partial charge is 0.264 e. The number of hydrogen-bond donors (Lipinski definition) is 0. The number of nitrogens with zero attached hydrogens (tertiary/aromatic N) is 1. The summed E-state index contributed by atoms with van der Waals surface area (Å²) < 4.78 is 41.3. The summed E-state index contributed by atoms with van der Waals surface area (Å²) >= 11 is 0. The number of sulfonamides is 1. The van der Waals surface area contributed by atoms with Gasteiger partial charge in [-0.25, -0.2) is 12.8 Å². The van der Waals surface area contributed by atoms with Crippen LogP contribution in [-0.2, 0) is 10.0 Å². The second kappa shape index (κ2) is 6.93. The first-order chi connectivity index (χ1) is 11.1. The lowest BCUT2D eigenvalue weighted by Crippen LogP contribution is -2.35. The molecule has 0 unspecified atom stereocenters. The number of aryl methyl sites for hydroxylation is 3. The maximum atomic E-state index is 13.5. The van der Waals surface area contributed by atoms with E-state index in [2.05, 4.69) is 0 Å². The highest BCUT2D eigenvalue weighted by Gasteiger charge is 2.27. The average molecular weight is 349 g/mol. The van der Waals surface area contributed by atoms with E-state index in [4.69, 9.17) is 0 Å². The molecule has 0 saturated heterocycles. The standard InChI is InChI=1S/C19H24FNO2S/c1-13(2)12-21(19-9-6-14(3)10-16(19)5)24(22,23)17-7-8-18(20)15(4)11-17/h6-11,13H,12H2,1-5H3. The molecule has 0 heterocycles. The molecule has 0 N–H and O–H groups in total. The first kappa shape index (κ1) is 18.5. The molecule has 2 aromatic carbocycles. The zero-order valence-corrected chi connectivity index (χ0v) is 15.6. The van der Waals surface area contributed by atoms with E-state index in [1.807, 2.05) is 45.9 Å². The van der Waals surface area contributed by atoms with E-state index >= 15 is 0 Å². The monoisotopic (exact) mass is 349 g/mol. The number of rotatable bonds is 5. The lowest BCUT2D eigenvalue weighted by molar-refractivity contribution is 0.576. The van der Waals surface area contributed by atoms with Crippen LogP contribution in [0.2, 0.25) is 0 Å². The van der Waals surface area contributed by atoms with E-state index in [0.29, 0.717) is 17.8 Å². The molecule has 0 radical (unpaired) electrons. The highest BCUT2D eigenvalue weighted by atomic mass is 32.2. The Labute approximate surface area is 144 Å². The predicted octanol–water partition coefficient (Wildman–Crippen LogP) is 4.60. The molecular weight excluding hydrogens is 325 g/mol. The summed E-state index contributed by atoms with van der Waals surface area (Å²) in [7, 11) is -3.76. The van der Waals surface area contributed by atoms with Gasteiger partial charge in [-0.15, -0.1) is 0 Å². The first-order valence-electron chi connectivity index (χ1n) is 7.99. The molecule has 0 aliphatic heterocycles. The van der Waals surface area contributed by atoms with Crippen molar-refractivity contribution in [2.75, 3.05) is 10.8 Å². The predicted molar refractivity (Wildman–Crippen MR) is 96.4 cm³/mol. The van der Waals surface area contributed by atoms with Crippen molar-refractivity contribution in [1.29, 1.82) is 0 Å². The second-order valence-corrected chi connectivity index (χ2v) is 8.49. The quantitative estimate of drug-likeness (QED) is 0.791. The third kappa shape index (κ3) is 3.78. The van der Waals surface area contributed by atoms with Crippen LogP contribution < -0.4 is 4.31 Å². The Morgan fingerprint density at radius 1 is 1.00 bits per heavy atom. The lowest BCUT2D eigenvalue weighted by atomic mass is 10.1. The molecule has 2 rings (SSSR count). The maximum absolute atomic E-state index is 13.5. The van der Waals surface area contributed by atoms with Gasteiger partial charge in [0.15, 0.2) is 0 Å². The fourth-order valence-electron chi connectivity index (χ4n) is 2.65. The fourth-order valence-corrected chi connectivity index (χ4v) is 4.43. The minimum atomic E-state index is -3.76. The molecule has 0 spiro atoms. The number of hydrogen-bond acceptors (Lipinski definition) is 2. The van der Waals surface area contributed by atoms with Crippen LogP contribution in [0.3, 0.4) is 0 Å². The molecule has 24 heavy (non-hydrogen) atoms. The van der Waals surface area contributed by atoms with Crippen molar-refractivity contribution < 1.29 is 12.8 Å². The van der Waals surface area contributed by atoms with Crippen LogP contribution in [0.1, 0.15) is 30.5 Å². The summed E-state index contributed by atoms with van der Waals surface area (Å²) in [6.07, 6.45) is 0. The van der Waals surface area contributed by atoms with Crippen molar-refractivity contribution in [2.45, 2.75) is 39.5 Å². The van der Waals surface area contributed by atoms with Gasteiger partial charge in [0.2, 0.25) is 0 Å². The summed E-state index contributed by atoms with van der Waals surface area (Å²) in [5.74, 6) is -0.252. The molecule has 0 aliphatic rings. The molecule has 5 heteroatoms. The van der Waals surface area contributed by atoms with Crippen LogP contribution in [-0.4, -0.2) is 15.0 Å². The summed E-state index contributed by atoms with van der Waals surface area (Å²) in [6, 6.07) is 9.63. The summed E-state index contributed by atoms with van der Waals surface area (Å²) in [5, 5.41) is 0. The molecule has 130 valence electrons. The third-order valence-corrected chi connectivity index (χ3v) is 5.65. The Hall–Kier alpha value is -1.88. The van der Waals surface area contributed by atoms with Gasteiger partial charge in [-0.2, -0.15) is 0 Å². The van der Waals surface area contributed by atoms with Gasteiger partial charge in [0.05, 0.1) is 10.6 Å². The van der Waals surface area contributed by atoms with Crippen molar-refractivity contribution in [3.05, 3.63) is 58.9 Å². The van der Waals surface area contributed by atoms with Crippen LogP contribution in [0.5, 0.6) is 0 Å². The minimum absolute atomic E-state index is 0.113. The molecule has 0 fully saturated rings. The molecule has 0 saturated carbocycles. The number of halogens is 1. The van der Waals surface area contributed by atoms with Gasteiger partial charge in [0.25, 0.3) is 10.0 Å². The van der Waals surface area contributed by atoms with Crippen LogP contribution >= 0.6 is 0 Å². The van der Waals surface area contributed by atoms with Gasteiger partial charge >= 0.3 is 0 Å². The lowest BCUT2D eigenvalue weighted by Gasteiger charge is -2.28. The largest absolute Gasteiger partial charge is 0.266 e. The van der Waals surface area contributed by atoms with E-state index in [1.54, 1.807) is 6.92 Å². The molecule has 3 nitrogen and oxygen atoms in total. The van der Waals surface area contributed by atoms with Crippen LogP contribution in [0.4, 0.5) is 10.1 Å². The SMILES string of the molecule is Cc1ccc(N(CC(C)C)S(=O)(=O)c2ccc(F)c(C)c2)c(C)c1.